The minimum absolute atomic E-state index is 0.0934. The first-order valence-electron chi connectivity index (χ1n) is 5.38. The quantitative estimate of drug-likeness (QED) is 0.789. The lowest BCUT2D eigenvalue weighted by Crippen LogP contribution is -2.43. The molecule has 0 radical (unpaired) electrons. The highest BCUT2D eigenvalue weighted by atomic mass is 32.2. The molecule has 0 saturated carbocycles. The van der Waals surface area contributed by atoms with Gasteiger partial charge in [-0.05, 0) is 5.56 Å². The van der Waals surface area contributed by atoms with Gasteiger partial charge in [0.15, 0.2) is 0 Å². The predicted molar refractivity (Wildman–Crippen MR) is 68.4 cm³/mol. The zero-order valence-corrected chi connectivity index (χ0v) is 10.8. The van der Waals surface area contributed by atoms with E-state index < -0.39 is 28.7 Å². The summed E-state index contributed by atoms with van der Waals surface area (Å²) in [5.41, 5.74) is 0.878. The number of carbonyl (C=O) groups is 2. The highest BCUT2D eigenvalue weighted by molar-refractivity contribution is 7.84. The molecule has 0 heterocycles. The fourth-order valence-corrected chi connectivity index (χ4v) is 2.70. The second-order valence-corrected chi connectivity index (χ2v) is 5.33. The largest absolute Gasteiger partial charge is 0.480 e. The van der Waals surface area contributed by atoms with Crippen LogP contribution in [0.4, 0.5) is 0 Å². The van der Waals surface area contributed by atoms with E-state index in [0.717, 1.165) is 5.56 Å². The summed E-state index contributed by atoms with van der Waals surface area (Å²) in [6, 6.07) is 8.05. The number of hydrogen-bond acceptors (Lipinski definition) is 3. The van der Waals surface area contributed by atoms with Crippen LogP contribution in [0, 0.1) is 0 Å². The summed E-state index contributed by atoms with van der Waals surface area (Å²) < 4.78 is 11.8. The van der Waals surface area contributed by atoms with E-state index in [0.29, 0.717) is 0 Å². The summed E-state index contributed by atoms with van der Waals surface area (Å²) in [5.74, 6) is -1.43. The van der Waals surface area contributed by atoms with Crippen molar-refractivity contribution in [2.45, 2.75) is 18.7 Å². The molecule has 2 atom stereocenters. The van der Waals surface area contributed by atoms with Crippen molar-refractivity contribution in [3.8, 4) is 0 Å². The number of aliphatic carboxylic acids is 1. The highest BCUT2D eigenvalue weighted by Gasteiger charge is 2.21. The minimum atomic E-state index is -1.33. The molecular weight excluding hydrogens is 254 g/mol. The molecule has 0 spiro atoms. The van der Waals surface area contributed by atoms with Crippen LogP contribution in [-0.4, -0.2) is 33.0 Å². The summed E-state index contributed by atoms with van der Waals surface area (Å²) >= 11 is 0. The van der Waals surface area contributed by atoms with Crippen molar-refractivity contribution < 1.29 is 18.9 Å². The van der Waals surface area contributed by atoms with Gasteiger partial charge in [0.1, 0.15) is 6.04 Å². The number of nitrogens with one attached hydrogen (secondary N) is 1. The van der Waals surface area contributed by atoms with Gasteiger partial charge in [-0.15, -0.1) is 0 Å². The number of carboxylic acids is 1. The Morgan fingerprint density at radius 1 is 1.33 bits per heavy atom. The van der Waals surface area contributed by atoms with Crippen LogP contribution in [0.3, 0.4) is 0 Å². The molecule has 1 aromatic rings. The van der Waals surface area contributed by atoms with E-state index in [1.807, 2.05) is 30.3 Å². The van der Waals surface area contributed by atoms with Crippen LogP contribution in [0.2, 0.25) is 0 Å². The lowest BCUT2D eigenvalue weighted by molar-refractivity contribution is -0.140. The Morgan fingerprint density at radius 3 is 2.44 bits per heavy atom. The molecule has 98 valence electrons. The van der Waals surface area contributed by atoms with Crippen molar-refractivity contribution >= 4 is 22.7 Å². The Morgan fingerprint density at radius 2 is 1.94 bits per heavy atom. The van der Waals surface area contributed by atoms with Crippen LogP contribution in [0.15, 0.2) is 30.3 Å². The molecule has 0 aromatic heterocycles. The second kappa shape index (κ2) is 6.90. The molecule has 2 N–H and O–H groups in total. The van der Waals surface area contributed by atoms with Crippen LogP contribution in [0.25, 0.3) is 0 Å². The van der Waals surface area contributed by atoms with Gasteiger partial charge in [-0.25, -0.2) is 4.79 Å². The molecule has 18 heavy (non-hydrogen) atoms. The number of benzene rings is 1. The SMILES string of the molecule is CC(=O)NC(CS(=O)Cc1ccccc1)C(=O)O. The summed E-state index contributed by atoms with van der Waals surface area (Å²) in [5, 5.41) is 11.2. The summed E-state index contributed by atoms with van der Waals surface area (Å²) in [6.07, 6.45) is 0. The van der Waals surface area contributed by atoms with Crippen molar-refractivity contribution in [1.82, 2.24) is 5.32 Å². The van der Waals surface area contributed by atoms with Gasteiger partial charge in [-0.3, -0.25) is 9.00 Å². The lowest BCUT2D eigenvalue weighted by Gasteiger charge is -2.12. The first-order chi connectivity index (χ1) is 8.49. The maximum absolute atomic E-state index is 11.8. The predicted octanol–water partition coefficient (Wildman–Crippen LogP) is 0.525. The molecule has 2 unspecified atom stereocenters. The minimum Gasteiger partial charge on any atom is -0.480 e. The standard InChI is InChI=1S/C12H15NO4S/c1-9(14)13-11(12(15)16)8-18(17)7-10-5-3-2-4-6-10/h2-6,11H,7-8H2,1H3,(H,13,14)(H,15,16). The number of hydrogen-bond donors (Lipinski definition) is 2. The average Bonchev–Trinajstić information content (AvgIpc) is 2.28. The smallest absolute Gasteiger partial charge is 0.327 e. The monoisotopic (exact) mass is 269 g/mol. The van der Waals surface area contributed by atoms with Crippen LogP contribution < -0.4 is 5.32 Å². The van der Waals surface area contributed by atoms with Crippen LogP contribution in [-0.2, 0) is 26.1 Å². The molecule has 6 heteroatoms. The number of amides is 1. The van der Waals surface area contributed by atoms with Gasteiger partial charge in [0, 0.05) is 23.5 Å². The van der Waals surface area contributed by atoms with Gasteiger partial charge in [0.2, 0.25) is 5.91 Å². The summed E-state index contributed by atoms with van der Waals surface area (Å²) in [4.78, 5) is 21.7. The molecule has 0 aliphatic heterocycles. The Balaban J connectivity index is 2.56. The fourth-order valence-electron chi connectivity index (χ4n) is 1.42. The van der Waals surface area contributed by atoms with Crippen molar-refractivity contribution in [2.24, 2.45) is 0 Å². The Hall–Kier alpha value is -1.69. The zero-order valence-electron chi connectivity index (χ0n) is 9.96. The van der Waals surface area contributed by atoms with E-state index in [4.69, 9.17) is 5.11 Å². The fraction of sp³-hybridized carbons (Fsp3) is 0.333. The van der Waals surface area contributed by atoms with E-state index in [1.54, 1.807) is 0 Å². The third kappa shape index (κ3) is 5.09. The van der Waals surface area contributed by atoms with Crippen LogP contribution in [0.1, 0.15) is 12.5 Å². The van der Waals surface area contributed by atoms with Crippen LogP contribution in [0.5, 0.6) is 0 Å². The third-order valence-corrected chi connectivity index (χ3v) is 3.56. The number of rotatable bonds is 6. The first kappa shape index (κ1) is 14.4. The molecular formula is C12H15NO4S. The lowest BCUT2D eigenvalue weighted by atomic mass is 10.2. The maximum atomic E-state index is 11.8. The van der Waals surface area contributed by atoms with Crippen LogP contribution >= 0.6 is 0 Å². The van der Waals surface area contributed by atoms with Crippen molar-refractivity contribution in [2.75, 3.05) is 5.75 Å². The Labute approximate surface area is 108 Å². The van der Waals surface area contributed by atoms with E-state index in [-0.39, 0.29) is 11.5 Å². The summed E-state index contributed by atoms with van der Waals surface area (Å²) in [6.45, 7) is 1.23. The van der Waals surface area contributed by atoms with Gasteiger partial charge in [0.05, 0.1) is 5.75 Å². The molecule has 0 bridgehead atoms. The van der Waals surface area contributed by atoms with E-state index >= 15 is 0 Å². The number of carboxylic acid groups (broad SMARTS) is 1. The molecule has 0 fully saturated rings. The highest BCUT2D eigenvalue weighted by Crippen LogP contribution is 2.04. The molecule has 0 saturated heterocycles. The van der Waals surface area contributed by atoms with Gasteiger partial charge in [0.25, 0.3) is 0 Å². The topological polar surface area (TPSA) is 83.5 Å². The molecule has 0 aliphatic carbocycles. The van der Waals surface area contributed by atoms with Crippen molar-refractivity contribution in [3.05, 3.63) is 35.9 Å². The first-order valence-corrected chi connectivity index (χ1v) is 6.86. The second-order valence-electron chi connectivity index (χ2n) is 3.83. The van der Waals surface area contributed by atoms with E-state index in [1.165, 1.54) is 6.92 Å². The molecule has 1 amide bonds. The van der Waals surface area contributed by atoms with Gasteiger partial charge < -0.3 is 10.4 Å². The normalized spacial score (nSPS) is 13.6. The van der Waals surface area contributed by atoms with Gasteiger partial charge in [-0.1, -0.05) is 30.3 Å². The molecule has 5 nitrogen and oxygen atoms in total. The molecule has 1 aromatic carbocycles. The van der Waals surface area contributed by atoms with Crippen molar-refractivity contribution in [1.29, 1.82) is 0 Å². The maximum Gasteiger partial charge on any atom is 0.327 e. The Bertz CT molecular complexity index is 447. The average molecular weight is 269 g/mol. The number of carbonyl (C=O) groups excluding carboxylic acids is 1. The molecule has 0 aliphatic rings. The molecule has 1 rings (SSSR count). The Kier molecular flexibility index (Phi) is 5.51. The van der Waals surface area contributed by atoms with E-state index in [2.05, 4.69) is 5.32 Å². The van der Waals surface area contributed by atoms with Gasteiger partial charge >= 0.3 is 5.97 Å². The third-order valence-electron chi connectivity index (χ3n) is 2.20. The van der Waals surface area contributed by atoms with Gasteiger partial charge in [-0.2, -0.15) is 0 Å². The summed E-state index contributed by atoms with van der Waals surface area (Å²) in [7, 11) is -1.33. The zero-order chi connectivity index (χ0) is 13.5. The van der Waals surface area contributed by atoms with Crippen molar-refractivity contribution in [3.63, 3.8) is 0 Å². The van der Waals surface area contributed by atoms with E-state index in [9.17, 15) is 13.8 Å².